The van der Waals surface area contributed by atoms with E-state index in [1.165, 1.54) is 12.1 Å². The number of hydrogen-bond acceptors (Lipinski definition) is 4. The van der Waals surface area contributed by atoms with E-state index in [0.717, 1.165) is 6.42 Å². The molecule has 0 saturated carbocycles. The highest BCUT2D eigenvalue weighted by Gasteiger charge is 2.27. The third kappa shape index (κ3) is 8.25. The van der Waals surface area contributed by atoms with Crippen LogP contribution in [0.5, 0.6) is 5.75 Å². The summed E-state index contributed by atoms with van der Waals surface area (Å²) in [5.74, 6) is -0.304. The molecule has 7 nitrogen and oxygen atoms in total. The van der Waals surface area contributed by atoms with Gasteiger partial charge in [0.25, 0.3) is 0 Å². The molecule has 28 heavy (non-hydrogen) atoms. The van der Waals surface area contributed by atoms with Gasteiger partial charge in [0, 0.05) is 11.2 Å². The first-order valence-corrected chi connectivity index (χ1v) is 9.69. The lowest BCUT2D eigenvalue weighted by Crippen LogP contribution is -2.47. The summed E-state index contributed by atoms with van der Waals surface area (Å²) < 4.78 is 5.13. The zero-order valence-electron chi connectivity index (χ0n) is 17.7. The zero-order valence-corrected chi connectivity index (χ0v) is 18.5. The number of ether oxygens (including phenoxy) is 1. The Labute approximate surface area is 172 Å². The Hall–Kier alpha value is -2.15. The fraction of sp³-hybridized carbons (Fsp3) is 0.600. The summed E-state index contributed by atoms with van der Waals surface area (Å²) in [6.45, 7) is 13.8. The van der Waals surface area contributed by atoms with Crippen molar-refractivity contribution in [1.82, 2.24) is 5.32 Å². The van der Waals surface area contributed by atoms with E-state index >= 15 is 0 Å². The van der Waals surface area contributed by atoms with Crippen LogP contribution in [0.15, 0.2) is 12.1 Å². The standard InChI is InChI=1S/C20H32ClN3O4/c1-8-12(2)28-18(27)23-15-10-13(9-14(21)16(15)25)22-17(26)24-20(6,7)11-19(3,4)5/h9-10,12,25H,8,11H2,1-7H3,(H,23,27)(H2,22,24,26). The van der Waals surface area contributed by atoms with Crippen LogP contribution in [0.2, 0.25) is 5.02 Å². The lowest BCUT2D eigenvalue weighted by molar-refractivity contribution is 0.118. The van der Waals surface area contributed by atoms with Crippen LogP contribution in [-0.4, -0.2) is 28.9 Å². The molecule has 0 aliphatic carbocycles. The number of phenolic OH excluding ortho intramolecular Hbond substituents is 1. The number of nitrogens with one attached hydrogen (secondary N) is 3. The molecule has 1 rings (SSSR count). The average molecular weight is 414 g/mol. The summed E-state index contributed by atoms with van der Waals surface area (Å²) in [6.07, 6.45) is 0.452. The largest absolute Gasteiger partial charge is 0.504 e. The molecule has 0 aliphatic heterocycles. The number of halogens is 1. The summed E-state index contributed by atoms with van der Waals surface area (Å²) in [6, 6.07) is 2.40. The number of urea groups is 1. The maximum atomic E-state index is 12.4. The van der Waals surface area contributed by atoms with Crippen LogP contribution < -0.4 is 16.0 Å². The van der Waals surface area contributed by atoms with Gasteiger partial charge in [-0.05, 0) is 51.2 Å². The highest BCUT2D eigenvalue weighted by Crippen LogP contribution is 2.35. The Bertz CT molecular complexity index is 714. The van der Waals surface area contributed by atoms with Gasteiger partial charge in [-0.1, -0.05) is 39.3 Å². The van der Waals surface area contributed by atoms with Gasteiger partial charge in [0.1, 0.15) is 6.10 Å². The fourth-order valence-corrected chi connectivity index (χ4v) is 3.23. The molecule has 3 amide bonds. The van der Waals surface area contributed by atoms with Crippen LogP contribution in [0, 0.1) is 5.41 Å². The molecule has 1 aromatic carbocycles. The molecule has 4 N–H and O–H groups in total. The quantitative estimate of drug-likeness (QED) is 0.353. The predicted octanol–water partition coefficient (Wildman–Crippen LogP) is 5.73. The Balaban J connectivity index is 2.88. The molecule has 1 aromatic rings. The van der Waals surface area contributed by atoms with E-state index in [9.17, 15) is 14.7 Å². The van der Waals surface area contributed by atoms with Crippen molar-refractivity contribution in [2.75, 3.05) is 10.6 Å². The maximum absolute atomic E-state index is 12.4. The molecule has 1 atom stereocenters. The first-order chi connectivity index (χ1) is 12.7. The van der Waals surface area contributed by atoms with Gasteiger partial charge < -0.3 is 20.5 Å². The number of phenols is 1. The van der Waals surface area contributed by atoms with Gasteiger partial charge in [0.15, 0.2) is 5.75 Å². The van der Waals surface area contributed by atoms with Crippen LogP contribution in [-0.2, 0) is 4.74 Å². The SMILES string of the molecule is CCC(C)OC(=O)Nc1cc(NC(=O)NC(C)(C)CC(C)(C)C)cc(Cl)c1O. The summed E-state index contributed by atoms with van der Waals surface area (Å²) >= 11 is 6.03. The van der Waals surface area contributed by atoms with E-state index < -0.39 is 17.7 Å². The number of carbonyl (C=O) groups is 2. The van der Waals surface area contributed by atoms with E-state index in [4.69, 9.17) is 16.3 Å². The number of aromatic hydroxyl groups is 1. The predicted molar refractivity (Wildman–Crippen MR) is 113 cm³/mol. The highest BCUT2D eigenvalue weighted by atomic mass is 35.5. The molecule has 0 bridgehead atoms. The number of anilines is 2. The van der Waals surface area contributed by atoms with Gasteiger partial charge in [-0.15, -0.1) is 0 Å². The molecular weight excluding hydrogens is 382 g/mol. The maximum Gasteiger partial charge on any atom is 0.412 e. The molecule has 0 fully saturated rings. The van der Waals surface area contributed by atoms with Gasteiger partial charge in [-0.25, -0.2) is 9.59 Å². The molecule has 0 spiro atoms. The number of rotatable bonds is 6. The van der Waals surface area contributed by atoms with Crippen molar-refractivity contribution < 1.29 is 19.4 Å². The second-order valence-corrected chi connectivity index (χ2v) is 9.21. The minimum Gasteiger partial charge on any atom is -0.504 e. The lowest BCUT2D eigenvalue weighted by Gasteiger charge is -2.33. The van der Waals surface area contributed by atoms with E-state index in [1.807, 2.05) is 20.8 Å². The molecule has 8 heteroatoms. The Kier molecular flexibility index (Phi) is 7.99. The van der Waals surface area contributed by atoms with Crippen molar-refractivity contribution in [3.8, 4) is 5.75 Å². The summed E-state index contributed by atoms with van der Waals surface area (Å²) in [7, 11) is 0. The first kappa shape index (κ1) is 23.9. The lowest BCUT2D eigenvalue weighted by atomic mass is 9.82. The zero-order chi connectivity index (χ0) is 21.7. The van der Waals surface area contributed by atoms with Crippen molar-refractivity contribution in [2.24, 2.45) is 5.41 Å². The highest BCUT2D eigenvalue weighted by molar-refractivity contribution is 6.33. The van der Waals surface area contributed by atoms with E-state index in [1.54, 1.807) is 6.92 Å². The number of benzene rings is 1. The van der Waals surface area contributed by atoms with Crippen LogP contribution in [0.25, 0.3) is 0 Å². The molecule has 0 aromatic heterocycles. The Morgan fingerprint density at radius 1 is 1.18 bits per heavy atom. The molecule has 158 valence electrons. The van der Waals surface area contributed by atoms with Gasteiger partial charge in [-0.3, -0.25) is 5.32 Å². The molecule has 0 saturated heterocycles. The Morgan fingerprint density at radius 3 is 2.32 bits per heavy atom. The van der Waals surface area contributed by atoms with Crippen LogP contribution in [0.1, 0.15) is 61.3 Å². The minimum atomic E-state index is -0.714. The topological polar surface area (TPSA) is 99.7 Å². The van der Waals surface area contributed by atoms with Gasteiger partial charge in [-0.2, -0.15) is 0 Å². The van der Waals surface area contributed by atoms with E-state index in [0.29, 0.717) is 12.1 Å². The van der Waals surface area contributed by atoms with Gasteiger partial charge >= 0.3 is 12.1 Å². The van der Waals surface area contributed by atoms with Crippen LogP contribution in [0.3, 0.4) is 0 Å². The number of carbonyl (C=O) groups excluding carboxylic acids is 2. The first-order valence-electron chi connectivity index (χ1n) is 9.32. The second-order valence-electron chi connectivity index (χ2n) is 8.80. The number of amides is 3. The van der Waals surface area contributed by atoms with E-state index in [2.05, 4.69) is 36.7 Å². The van der Waals surface area contributed by atoms with E-state index in [-0.39, 0.29) is 28.0 Å². The molecule has 0 aliphatic rings. The van der Waals surface area contributed by atoms with Crippen LogP contribution in [0.4, 0.5) is 21.0 Å². The second kappa shape index (κ2) is 9.37. The Morgan fingerprint density at radius 2 is 1.79 bits per heavy atom. The fourth-order valence-electron chi connectivity index (χ4n) is 3.01. The summed E-state index contributed by atoms with van der Waals surface area (Å²) in [5, 5.41) is 18.1. The van der Waals surface area contributed by atoms with Crippen molar-refractivity contribution in [1.29, 1.82) is 0 Å². The summed E-state index contributed by atoms with van der Waals surface area (Å²) in [5.41, 5.74) is -0.00797. The average Bonchev–Trinajstić information content (AvgIpc) is 2.48. The monoisotopic (exact) mass is 413 g/mol. The van der Waals surface area contributed by atoms with Gasteiger partial charge in [0.05, 0.1) is 10.7 Å². The van der Waals surface area contributed by atoms with Crippen LogP contribution >= 0.6 is 11.6 Å². The minimum absolute atomic E-state index is 0.00871. The molecular formula is C20H32ClN3O4. The smallest absolute Gasteiger partial charge is 0.412 e. The molecule has 1 unspecified atom stereocenters. The number of hydrogen-bond donors (Lipinski definition) is 4. The van der Waals surface area contributed by atoms with Crippen molar-refractivity contribution in [3.63, 3.8) is 0 Å². The third-order valence-electron chi connectivity index (χ3n) is 3.87. The summed E-state index contributed by atoms with van der Waals surface area (Å²) in [4.78, 5) is 24.3. The molecule has 0 heterocycles. The third-order valence-corrected chi connectivity index (χ3v) is 4.15. The van der Waals surface area contributed by atoms with Crippen molar-refractivity contribution in [2.45, 2.75) is 73.0 Å². The van der Waals surface area contributed by atoms with Crippen molar-refractivity contribution >= 4 is 35.1 Å². The van der Waals surface area contributed by atoms with Crippen molar-refractivity contribution in [3.05, 3.63) is 17.2 Å². The van der Waals surface area contributed by atoms with Gasteiger partial charge in [0.2, 0.25) is 0 Å². The normalized spacial score (nSPS) is 12.9. The molecule has 0 radical (unpaired) electrons.